The topological polar surface area (TPSA) is 88.3 Å². The van der Waals surface area contributed by atoms with Crippen LogP contribution in [0.4, 0.5) is 5.69 Å². The van der Waals surface area contributed by atoms with Gasteiger partial charge in [0, 0.05) is 28.6 Å². The second-order valence-electron chi connectivity index (χ2n) is 7.85. The SMILES string of the molecule is COc1c(/C=C/c2ccc(NS(C)(=O)=O)cc2)cc(-c2ccc[nH]c2=O)cc1C1(Cl)CC1. The molecular formula is C24H23ClN2O4S. The first-order valence-corrected chi connectivity index (χ1v) is 12.3. The summed E-state index contributed by atoms with van der Waals surface area (Å²) in [6.45, 7) is 0. The number of H-pyrrole nitrogens is 1. The van der Waals surface area contributed by atoms with Crippen LogP contribution in [0.3, 0.4) is 0 Å². The van der Waals surface area contributed by atoms with E-state index in [1.54, 1.807) is 37.6 Å². The molecule has 1 aliphatic rings. The van der Waals surface area contributed by atoms with Gasteiger partial charge in [-0.3, -0.25) is 9.52 Å². The fourth-order valence-corrected chi connectivity index (χ4v) is 4.38. The summed E-state index contributed by atoms with van der Waals surface area (Å²) in [6.07, 6.45) is 8.21. The van der Waals surface area contributed by atoms with Gasteiger partial charge in [-0.15, -0.1) is 11.6 Å². The molecule has 8 heteroatoms. The highest BCUT2D eigenvalue weighted by atomic mass is 35.5. The number of ether oxygens (including phenoxy) is 1. The van der Waals surface area contributed by atoms with Gasteiger partial charge in [0.25, 0.3) is 5.56 Å². The predicted molar refractivity (Wildman–Crippen MR) is 130 cm³/mol. The monoisotopic (exact) mass is 470 g/mol. The molecule has 1 heterocycles. The summed E-state index contributed by atoms with van der Waals surface area (Å²) in [5.74, 6) is 0.681. The van der Waals surface area contributed by atoms with Crippen molar-refractivity contribution in [2.75, 3.05) is 18.1 Å². The highest BCUT2D eigenvalue weighted by molar-refractivity contribution is 7.92. The number of methoxy groups -OCH3 is 1. The van der Waals surface area contributed by atoms with E-state index in [-0.39, 0.29) is 5.56 Å². The number of halogens is 1. The smallest absolute Gasteiger partial charge is 0.255 e. The molecule has 166 valence electrons. The number of rotatable bonds is 7. The number of nitrogens with one attached hydrogen (secondary N) is 2. The zero-order valence-electron chi connectivity index (χ0n) is 17.7. The van der Waals surface area contributed by atoms with Gasteiger partial charge >= 0.3 is 0 Å². The van der Waals surface area contributed by atoms with Crippen molar-refractivity contribution in [2.45, 2.75) is 17.7 Å². The van der Waals surface area contributed by atoms with Crippen molar-refractivity contribution >= 4 is 39.5 Å². The van der Waals surface area contributed by atoms with Gasteiger partial charge in [0.2, 0.25) is 10.0 Å². The van der Waals surface area contributed by atoms with Crippen molar-refractivity contribution in [1.29, 1.82) is 0 Å². The van der Waals surface area contributed by atoms with Crippen LogP contribution < -0.4 is 15.0 Å². The maximum absolute atomic E-state index is 12.4. The molecule has 0 saturated heterocycles. The summed E-state index contributed by atoms with van der Waals surface area (Å²) < 4.78 is 30.9. The van der Waals surface area contributed by atoms with E-state index >= 15 is 0 Å². The molecule has 2 N–H and O–H groups in total. The molecule has 4 rings (SSSR count). The minimum Gasteiger partial charge on any atom is -0.496 e. The molecule has 2 aromatic carbocycles. The molecule has 1 saturated carbocycles. The van der Waals surface area contributed by atoms with Crippen LogP contribution in [0.5, 0.6) is 5.75 Å². The van der Waals surface area contributed by atoms with Gasteiger partial charge in [0.05, 0.1) is 18.2 Å². The van der Waals surface area contributed by atoms with Crippen LogP contribution in [0.2, 0.25) is 0 Å². The zero-order valence-corrected chi connectivity index (χ0v) is 19.3. The Bertz CT molecular complexity index is 1340. The molecule has 6 nitrogen and oxygen atoms in total. The molecule has 32 heavy (non-hydrogen) atoms. The summed E-state index contributed by atoms with van der Waals surface area (Å²) in [6, 6.07) is 14.4. The predicted octanol–water partition coefficient (Wildman–Crippen LogP) is 4.82. The molecular weight excluding hydrogens is 448 g/mol. The van der Waals surface area contributed by atoms with Crippen molar-refractivity contribution in [3.63, 3.8) is 0 Å². The number of alkyl halides is 1. The number of anilines is 1. The minimum absolute atomic E-state index is 0.174. The molecule has 0 bridgehead atoms. The lowest BCUT2D eigenvalue weighted by Gasteiger charge is -2.17. The lowest BCUT2D eigenvalue weighted by atomic mass is 9.96. The number of hydrogen-bond donors (Lipinski definition) is 2. The lowest BCUT2D eigenvalue weighted by molar-refractivity contribution is 0.407. The zero-order chi connectivity index (χ0) is 22.9. The Balaban J connectivity index is 1.75. The number of aromatic amines is 1. The first kappa shape index (κ1) is 22.2. The van der Waals surface area contributed by atoms with E-state index < -0.39 is 14.9 Å². The molecule has 0 atom stereocenters. The van der Waals surface area contributed by atoms with E-state index in [1.165, 1.54) is 0 Å². The number of sulfonamides is 1. The van der Waals surface area contributed by atoms with Gasteiger partial charge in [0.1, 0.15) is 5.75 Å². The van der Waals surface area contributed by atoms with Crippen molar-refractivity contribution in [1.82, 2.24) is 4.98 Å². The largest absolute Gasteiger partial charge is 0.496 e. The quantitative estimate of drug-likeness (QED) is 0.382. The Hall–Kier alpha value is -3.03. The first-order chi connectivity index (χ1) is 15.2. The molecule has 0 spiro atoms. The molecule has 1 aromatic heterocycles. The maximum atomic E-state index is 12.4. The van der Waals surface area contributed by atoms with Crippen molar-refractivity contribution < 1.29 is 13.2 Å². The Morgan fingerprint density at radius 1 is 1.12 bits per heavy atom. The van der Waals surface area contributed by atoms with Crippen LogP contribution in [-0.4, -0.2) is 26.8 Å². The van der Waals surface area contributed by atoms with Gasteiger partial charge in [0.15, 0.2) is 0 Å². The van der Waals surface area contributed by atoms with Crippen LogP contribution in [0.25, 0.3) is 23.3 Å². The van der Waals surface area contributed by atoms with E-state index in [0.29, 0.717) is 17.0 Å². The third kappa shape index (κ3) is 4.89. The molecule has 1 aliphatic carbocycles. The van der Waals surface area contributed by atoms with Crippen molar-refractivity contribution in [3.05, 3.63) is 81.8 Å². The fourth-order valence-electron chi connectivity index (χ4n) is 3.58. The van der Waals surface area contributed by atoms with E-state index in [0.717, 1.165) is 41.4 Å². The maximum Gasteiger partial charge on any atom is 0.255 e. The Morgan fingerprint density at radius 2 is 1.84 bits per heavy atom. The number of hydrogen-bond acceptors (Lipinski definition) is 4. The molecule has 0 amide bonds. The van der Waals surface area contributed by atoms with Gasteiger partial charge < -0.3 is 9.72 Å². The van der Waals surface area contributed by atoms with E-state index in [1.807, 2.05) is 36.4 Å². The molecule has 0 aliphatic heterocycles. The third-order valence-electron chi connectivity index (χ3n) is 5.29. The Kier molecular flexibility index (Phi) is 5.88. The average Bonchev–Trinajstić information content (AvgIpc) is 3.50. The summed E-state index contributed by atoms with van der Waals surface area (Å²) >= 11 is 6.77. The Morgan fingerprint density at radius 3 is 2.44 bits per heavy atom. The minimum atomic E-state index is -3.33. The van der Waals surface area contributed by atoms with Crippen LogP contribution in [-0.2, 0) is 14.9 Å². The highest BCUT2D eigenvalue weighted by Gasteiger charge is 2.45. The van der Waals surface area contributed by atoms with Crippen LogP contribution in [0, 0.1) is 0 Å². The molecule has 3 aromatic rings. The highest BCUT2D eigenvalue weighted by Crippen LogP contribution is 2.56. The molecule has 1 fully saturated rings. The fraction of sp³-hybridized carbons (Fsp3) is 0.208. The van der Waals surface area contributed by atoms with Crippen molar-refractivity contribution in [2.24, 2.45) is 0 Å². The summed E-state index contributed by atoms with van der Waals surface area (Å²) in [5.41, 5.74) is 4.19. The van der Waals surface area contributed by atoms with Crippen LogP contribution >= 0.6 is 11.6 Å². The standard InChI is InChI=1S/C24H23ClN2O4S/c1-31-22-17(8-5-16-6-9-19(10-7-16)27-32(2,29)30)14-18(15-21(22)24(25)11-12-24)20-4-3-13-26-23(20)28/h3-10,13-15,27H,11-12H2,1-2H3,(H,26,28)/b8-5+. The van der Waals surface area contributed by atoms with Gasteiger partial charge in [-0.05, 0) is 60.4 Å². The molecule has 0 radical (unpaired) electrons. The first-order valence-electron chi connectivity index (χ1n) is 10.0. The summed E-state index contributed by atoms with van der Waals surface area (Å²) in [7, 11) is -1.72. The summed E-state index contributed by atoms with van der Waals surface area (Å²) in [5, 5.41) is 0. The van der Waals surface area contributed by atoms with Gasteiger partial charge in [-0.2, -0.15) is 0 Å². The van der Waals surface area contributed by atoms with Crippen LogP contribution in [0.15, 0.2) is 59.5 Å². The van der Waals surface area contributed by atoms with Gasteiger partial charge in [-0.1, -0.05) is 24.3 Å². The average molecular weight is 471 g/mol. The number of aromatic nitrogens is 1. The lowest BCUT2D eigenvalue weighted by Crippen LogP contribution is -2.09. The van der Waals surface area contributed by atoms with Gasteiger partial charge in [-0.25, -0.2) is 8.42 Å². The summed E-state index contributed by atoms with van der Waals surface area (Å²) in [4.78, 5) is 14.6. The van der Waals surface area contributed by atoms with Crippen molar-refractivity contribution in [3.8, 4) is 16.9 Å². The van der Waals surface area contributed by atoms with E-state index in [9.17, 15) is 13.2 Å². The van der Waals surface area contributed by atoms with E-state index in [4.69, 9.17) is 16.3 Å². The van der Waals surface area contributed by atoms with Crippen LogP contribution in [0.1, 0.15) is 29.5 Å². The Labute approximate surface area is 192 Å². The second-order valence-corrected chi connectivity index (χ2v) is 10.3. The number of pyridine rings is 1. The molecule has 0 unspecified atom stereocenters. The van der Waals surface area contributed by atoms with E-state index in [2.05, 4.69) is 9.71 Å². The normalized spacial score (nSPS) is 15.0. The number of benzene rings is 2. The third-order valence-corrected chi connectivity index (χ3v) is 6.48. The second kappa shape index (κ2) is 8.48.